The molecule has 130 valence electrons. The van der Waals surface area contributed by atoms with Crippen molar-refractivity contribution in [1.29, 1.82) is 0 Å². The van der Waals surface area contributed by atoms with E-state index in [2.05, 4.69) is 21.3 Å². The molecule has 0 saturated carbocycles. The zero-order valence-corrected chi connectivity index (χ0v) is 14.0. The van der Waals surface area contributed by atoms with Crippen LogP contribution >= 0.6 is 0 Å². The highest BCUT2D eigenvalue weighted by molar-refractivity contribution is 5.93. The Morgan fingerprint density at radius 2 is 1.88 bits per heavy atom. The van der Waals surface area contributed by atoms with Gasteiger partial charge in [0, 0.05) is 24.5 Å². The van der Waals surface area contributed by atoms with E-state index in [-0.39, 0.29) is 18.7 Å². The van der Waals surface area contributed by atoms with Crippen LogP contribution in [0.15, 0.2) is 42.7 Å². The van der Waals surface area contributed by atoms with Gasteiger partial charge in [0.2, 0.25) is 6.79 Å². The summed E-state index contributed by atoms with van der Waals surface area (Å²) < 4.78 is 10.9. The van der Waals surface area contributed by atoms with E-state index in [0.717, 1.165) is 30.2 Å². The smallest absolute Gasteiger partial charge is 0.251 e. The topological polar surface area (TPSA) is 63.7 Å². The Balaban J connectivity index is 1.51. The van der Waals surface area contributed by atoms with Crippen molar-refractivity contribution >= 4 is 5.91 Å². The molecule has 2 aliphatic rings. The molecule has 1 unspecified atom stereocenters. The summed E-state index contributed by atoms with van der Waals surface area (Å²) in [5.41, 5.74) is 1.77. The number of rotatable bonds is 5. The minimum atomic E-state index is -0.0765. The van der Waals surface area contributed by atoms with E-state index >= 15 is 0 Å². The predicted octanol–water partition coefficient (Wildman–Crippen LogP) is 2.38. The number of fused-ring (bicyclic) bond motifs is 1. The van der Waals surface area contributed by atoms with Gasteiger partial charge in [-0.2, -0.15) is 0 Å². The van der Waals surface area contributed by atoms with E-state index in [9.17, 15) is 4.79 Å². The van der Waals surface area contributed by atoms with Gasteiger partial charge in [-0.25, -0.2) is 0 Å². The van der Waals surface area contributed by atoms with Crippen LogP contribution in [0.2, 0.25) is 0 Å². The largest absolute Gasteiger partial charge is 0.454 e. The lowest BCUT2D eigenvalue weighted by Gasteiger charge is -2.28. The molecule has 2 aromatic rings. The maximum absolute atomic E-state index is 12.4. The van der Waals surface area contributed by atoms with Crippen molar-refractivity contribution in [2.75, 3.05) is 26.4 Å². The lowest BCUT2D eigenvalue weighted by Crippen LogP contribution is -2.36. The zero-order chi connectivity index (χ0) is 17.1. The van der Waals surface area contributed by atoms with Gasteiger partial charge in [0.15, 0.2) is 11.5 Å². The van der Waals surface area contributed by atoms with Crippen LogP contribution in [-0.4, -0.2) is 42.2 Å². The van der Waals surface area contributed by atoms with E-state index in [1.807, 2.05) is 12.1 Å². The molecule has 4 rings (SSSR count). The minimum absolute atomic E-state index is 0.0765. The number of nitrogens with one attached hydrogen (secondary N) is 1. The standard InChI is InChI=1S/C19H21N3O3/c23-19(14-5-7-20-8-6-14)21-12-16(22-9-1-2-10-22)15-3-4-17-18(11-15)25-13-24-17/h3-8,11,16H,1-2,9-10,12-13H2,(H,21,23). The molecule has 0 radical (unpaired) electrons. The number of carbonyl (C=O) groups excluding carboxylic acids is 1. The number of amides is 1. The average molecular weight is 339 g/mol. The monoisotopic (exact) mass is 339 g/mol. The molecule has 1 amide bonds. The molecule has 25 heavy (non-hydrogen) atoms. The van der Waals surface area contributed by atoms with Crippen molar-refractivity contribution < 1.29 is 14.3 Å². The third-order valence-corrected chi connectivity index (χ3v) is 4.76. The number of hydrogen-bond donors (Lipinski definition) is 1. The Kier molecular flexibility index (Phi) is 4.52. The fourth-order valence-electron chi connectivity index (χ4n) is 3.43. The van der Waals surface area contributed by atoms with Crippen LogP contribution in [0, 0.1) is 0 Å². The highest BCUT2D eigenvalue weighted by Crippen LogP contribution is 2.36. The molecule has 1 aromatic carbocycles. The summed E-state index contributed by atoms with van der Waals surface area (Å²) in [6, 6.07) is 9.62. The van der Waals surface area contributed by atoms with Crippen LogP contribution in [0.25, 0.3) is 0 Å². The van der Waals surface area contributed by atoms with Crippen molar-refractivity contribution in [3.8, 4) is 11.5 Å². The Hall–Kier alpha value is -2.60. The van der Waals surface area contributed by atoms with Gasteiger partial charge >= 0.3 is 0 Å². The fourth-order valence-corrected chi connectivity index (χ4v) is 3.43. The lowest BCUT2D eigenvalue weighted by molar-refractivity contribution is 0.0938. The molecular weight excluding hydrogens is 318 g/mol. The summed E-state index contributed by atoms with van der Waals surface area (Å²) in [4.78, 5) is 18.8. The second-order valence-electron chi connectivity index (χ2n) is 6.32. The molecule has 1 N–H and O–H groups in total. The minimum Gasteiger partial charge on any atom is -0.454 e. The average Bonchev–Trinajstić information content (AvgIpc) is 3.34. The number of carbonyl (C=O) groups is 1. The summed E-state index contributed by atoms with van der Waals surface area (Å²) in [5, 5.41) is 3.06. The number of benzene rings is 1. The molecule has 2 aliphatic heterocycles. The van der Waals surface area contributed by atoms with E-state index in [4.69, 9.17) is 9.47 Å². The third-order valence-electron chi connectivity index (χ3n) is 4.76. The number of likely N-dealkylation sites (tertiary alicyclic amines) is 1. The molecule has 0 bridgehead atoms. The van der Waals surface area contributed by atoms with E-state index in [1.165, 1.54) is 12.8 Å². The second kappa shape index (κ2) is 7.11. The Morgan fingerprint density at radius 1 is 1.12 bits per heavy atom. The van der Waals surface area contributed by atoms with Gasteiger partial charge in [-0.3, -0.25) is 14.7 Å². The predicted molar refractivity (Wildman–Crippen MR) is 92.7 cm³/mol. The Bertz CT molecular complexity index is 745. The van der Waals surface area contributed by atoms with Crippen LogP contribution in [0.4, 0.5) is 0 Å². The van der Waals surface area contributed by atoms with Gasteiger partial charge in [-0.05, 0) is 55.8 Å². The van der Waals surface area contributed by atoms with Gasteiger partial charge < -0.3 is 14.8 Å². The number of nitrogens with zero attached hydrogens (tertiary/aromatic N) is 2. The van der Waals surface area contributed by atoms with E-state index in [0.29, 0.717) is 12.1 Å². The first-order valence-electron chi connectivity index (χ1n) is 8.63. The summed E-state index contributed by atoms with van der Waals surface area (Å²) in [5.74, 6) is 1.49. The van der Waals surface area contributed by atoms with Gasteiger partial charge in [-0.15, -0.1) is 0 Å². The molecular formula is C19H21N3O3. The van der Waals surface area contributed by atoms with Crippen LogP contribution < -0.4 is 14.8 Å². The van der Waals surface area contributed by atoms with Crippen LogP contribution in [0.3, 0.4) is 0 Å². The summed E-state index contributed by atoms with van der Waals surface area (Å²) in [6.07, 6.45) is 5.65. The van der Waals surface area contributed by atoms with E-state index in [1.54, 1.807) is 24.5 Å². The van der Waals surface area contributed by atoms with Gasteiger partial charge in [0.05, 0.1) is 6.04 Å². The quantitative estimate of drug-likeness (QED) is 0.906. The summed E-state index contributed by atoms with van der Waals surface area (Å²) in [6.45, 7) is 2.92. The van der Waals surface area contributed by atoms with Crippen molar-refractivity contribution in [2.45, 2.75) is 18.9 Å². The molecule has 0 spiro atoms. The Morgan fingerprint density at radius 3 is 2.68 bits per heavy atom. The normalized spacial score (nSPS) is 17.4. The molecule has 6 nitrogen and oxygen atoms in total. The third kappa shape index (κ3) is 3.44. The van der Waals surface area contributed by atoms with Crippen molar-refractivity contribution in [1.82, 2.24) is 15.2 Å². The number of pyridine rings is 1. The molecule has 6 heteroatoms. The SMILES string of the molecule is O=C(NCC(c1ccc2c(c1)OCO2)N1CCCC1)c1ccncc1. The molecule has 1 fully saturated rings. The van der Waals surface area contributed by atoms with Crippen molar-refractivity contribution in [2.24, 2.45) is 0 Å². The first-order chi connectivity index (χ1) is 12.3. The summed E-state index contributed by atoms with van der Waals surface area (Å²) >= 11 is 0. The first-order valence-corrected chi connectivity index (χ1v) is 8.63. The lowest BCUT2D eigenvalue weighted by atomic mass is 10.0. The van der Waals surface area contributed by atoms with Gasteiger partial charge in [0.25, 0.3) is 5.91 Å². The molecule has 1 saturated heterocycles. The highest BCUT2D eigenvalue weighted by Gasteiger charge is 2.26. The van der Waals surface area contributed by atoms with Crippen molar-refractivity contribution in [3.05, 3.63) is 53.9 Å². The first kappa shape index (κ1) is 15.9. The van der Waals surface area contributed by atoms with Crippen LogP contribution in [0.5, 0.6) is 11.5 Å². The fraction of sp³-hybridized carbons (Fsp3) is 0.368. The molecule has 3 heterocycles. The summed E-state index contributed by atoms with van der Waals surface area (Å²) in [7, 11) is 0. The zero-order valence-electron chi connectivity index (χ0n) is 14.0. The van der Waals surface area contributed by atoms with Gasteiger partial charge in [-0.1, -0.05) is 6.07 Å². The number of ether oxygens (including phenoxy) is 2. The Labute approximate surface area is 146 Å². The van der Waals surface area contributed by atoms with Crippen molar-refractivity contribution in [3.63, 3.8) is 0 Å². The highest BCUT2D eigenvalue weighted by atomic mass is 16.7. The van der Waals surface area contributed by atoms with Crippen LogP contribution in [-0.2, 0) is 0 Å². The number of hydrogen-bond acceptors (Lipinski definition) is 5. The molecule has 1 aromatic heterocycles. The number of aromatic nitrogens is 1. The van der Waals surface area contributed by atoms with E-state index < -0.39 is 0 Å². The van der Waals surface area contributed by atoms with Gasteiger partial charge in [0.1, 0.15) is 0 Å². The molecule has 0 aliphatic carbocycles. The van der Waals surface area contributed by atoms with Crippen LogP contribution in [0.1, 0.15) is 34.8 Å². The second-order valence-corrected chi connectivity index (χ2v) is 6.32. The maximum Gasteiger partial charge on any atom is 0.251 e. The maximum atomic E-state index is 12.4. The molecule has 1 atom stereocenters.